The fourth-order valence-electron chi connectivity index (χ4n) is 3.30. The minimum Gasteiger partial charge on any atom is -0.379 e. The monoisotopic (exact) mass is 380 g/mol. The van der Waals surface area contributed by atoms with Gasteiger partial charge >= 0.3 is 0 Å². The number of rotatable bonds is 8. The van der Waals surface area contributed by atoms with Crippen LogP contribution in [0.3, 0.4) is 0 Å². The molecular weight excluding hydrogens is 356 g/mol. The van der Waals surface area contributed by atoms with Gasteiger partial charge in [-0.05, 0) is 37.5 Å². The first-order valence-electron chi connectivity index (χ1n) is 9.16. The van der Waals surface area contributed by atoms with Crippen LogP contribution in [0.2, 0.25) is 5.02 Å². The van der Waals surface area contributed by atoms with Gasteiger partial charge in [0.05, 0.1) is 18.6 Å². The van der Waals surface area contributed by atoms with Gasteiger partial charge in [0.2, 0.25) is 11.8 Å². The van der Waals surface area contributed by atoms with E-state index < -0.39 is 0 Å². The number of hydrogen-bond acceptors (Lipinski definition) is 4. The summed E-state index contributed by atoms with van der Waals surface area (Å²) in [5.74, 6) is -0.455. The number of benzene rings is 1. The molecule has 2 aliphatic rings. The Hall–Kier alpha value is -1.63. The van der Waals surface area contributed by atoms with E-state index in [9.17, 15) is 9.59 Å². The summed E-state index contributed by atoms with van der Waals surface area (Å²) < 4.78 is 11.1. The molecule has 1 N–H and O–H groups in total. The second kappa shape index (κ2) is 9.35. The minimum atomic E-state index is -0.325. The van der Waals surface area contributed by atoms with Gasteiger partial charge in [-0.3, -0.25) is 9.59 Å². The van der Waals surface area contributed by atoms with E-state index in [2.05, 4.69) is 5.32 Å². The maximum atomic E-state index is 12.3. The standard InChI is InChI=1S/C19H25ClN2O4/c20-15-4-1-5-16(11-15)22-12-14(10-18(22)23)19(24)21-7-3-8-25-13-17-6-2-9-26-17/h1,4-5,11,14,17H,2-3,6-10,12-13H2,(H,21,24). The van der Waals surface area contributed by atoms with E-state index in [1.807, 2.05) is 6.07 Å². The summed E-state index contributed by atoms with van der Waals surface area (Å²) in [5.41, 5.74) is 0.736. The van der Waals surface area contributed by atoms with Gasteiger partial charge in [0.25, 0.3) is 0 Å². The van der Waals surface area contributed by atoms with Gasteiger partial charge in [-0.1, -0.05) is 17.7 Å². The third kappa shape index (κ3) is 5.19. The van der Waals surface area contributed by atoms with Crippen molar-refractivity contribution >= 4 is 29.1 Å². The Labute approximate surface area is 158 Å². The molecular formula is C19H25ClN2O4. The number of anilines is 1. The van der Waals surface area contributed by atoms with Gasteiger partial charge in [-0.2, -0.15) is 0 Å². The lowest BCUT2D eigenvalue weighted by Crippen LogP contribution is -2.34. The molecule has 1 aromatic rings. The molecule has 0 saturated carbocycles. The number of halogens is 1. The Morgan fingerprint density at radius 1 is 1.42 bits per heavy atom. The fraction of sp³-hybridized carbons (Fsp3) is 0.579. The van der Waals surface area contributed by atoms with Crippen LogP contribution in [-0.4, -0.2) is 50.8 Å². The predicted molar refractivity (Wildman–Crippen MR) is 99.3 cm³/mol. The van der Waals surface area contributed by atoms with Gasteiger partial charge < -0.3 is 19.7 Å². The van der Waals surface area contributed by atoms with Crippen LogP contribution >= 0.6 is 11.6 Å². The van der Waals surface area contributed by atoms with Gasteiger partial charge in [-0.15, -0.1) is 0 Å². The molecule has 2 atom stereocenters. The van der Waals surface area contributed by atoms with E-state index in [0.717, 1.165) is 31.6 Å². The molecule has 7 heteroatoms. The molecule has 2 unspecified atom stereocenters. The number of hydrogen-bond donors (Lipinski definition) is 1. The predicted octanol–water partition coefficient (Wildman–Crippen LogP) is 2.39. The Balaban J connectivity index is 1.35. The van der Waals surface area contributed by atoms with E-state index >= 15 is 0 Å². The third-order valence-electron chi connectivity index (χ3n) is 4.71. The first-order valence-corrected chi connectivity index (χ1v) is 9.54. The van der Waals surface area contributed by atoms with E-state index in [0.29, 0.717) is 31.3 Å². The van der Waals surface area contributed by atoms with Crippen LogP contribution < -0.4 is 10.2 Å². The van der Waals surface area contributed by atoms with Crippen LogP contribution in [0.25, 0.3) is 0 Å². The summed E-state index contributed by atoms with van der Waals surface area (Å²) in [6.45, 7) is 2.99. The average Bonchev–Trinajstić information content (AvgIpc) is 3.27. The highest BCUT2D eigenvalue weighted by atomic mass is 35.5. The summed E-state index contributed by atoms with van der Waals surface area (Å²) in [4.78, 5) is 26.1. The first kappa shape index (κ1) is 19.1. The molecule has 2 fully saturated rings. The van der Waals surface area contributed by atoms with Crippen molar-refractivity contribution < 1.29 is 19.1 Å². The van der Waals surface area contributed by atoms with Crippen molar-refractivity contribution in [2.75, 3.05) is 37.8 Å². The number of ether oxygens (including phenoxy) is 2. The highest BCUT2D eigenvalue weighted by Gasteiger charge is 2.34. The van der Waals surface area contributed by atoms with E-state index in [1.54, 1.807) is 23.1 Å². The van der Waals surface area contributed by atoms with Gasteiger partial charge in [0.15, 0.2) is 0 Å². The molecule has 26 heavy (non-hydrogen) atoms. The zero-order valence-electron chi connectivity index (χ0n) is 14.8. The highest BCUT2D eigenvalue weighted by Crippen LogP contribution is 2.27. The zero-order valence-corrected chi connectivity index (χ0v) is 15.5. The van der Waals surface area contributed by atoms with Crippen LogP contribution in [-0.2, 0) is 19.1 Å². The lowest BCUT2D eigenvalue weighted by Gasteiger charge is -2.17. The average molecular weight is 381 g/mol. The fourth-order valence-corrected chi connectivity index (χ4v) is 3.48. The van der Waals surface area contributed by atoms with Crippen LogP contribution in [0.1, 0.15) is 25.7 Å². The molecule has 2 saturated heterocycles. The molecule has 2 amide bonds. The minimum absolute atomic E-state index is 0.0488. The van der Waals surface area contributed by atoms with E-state index in [-0.39, 0.29) is 30.3 Å². The second-order valence-electron chi connectivity index (χ2n) is 6.74. The molecule has 1 aromatic carbocycles. The molecule has 0 bridgehead atoms. The van der Waals surface area contributed by atoms with Gasteiger partial charge in [0, 0.05) is 43.4 Å². The molecule has 2 aliphatic heterocycles. The molecule has 2 heterocycles. The molecule has 0 spiro atoms. The SMILES string of the molecule is O=C(NCCCOCC1CCCO1)C1CC(=O)N(c2cccc(Cl)c2)C1. The van der Waals surface area contributed by atoms with Crippen molar-refractivity contribution in [3.8, 4) is 0 Å². The van der Waals surface area contributed by atoms with Crippen molar-refractivity contribution in [1.29, 1.82) is 0 Å². The van der Waals surface area contributed by atoms with Crippen LogP contribution in [0.5, 0.6) is 0 Å². The molecule has 142 valence electrons. The number of amides is 2. The van der Waals surface area contributed by atoms with Crippen LogP contribution in [0, 0.1) is 5.92 Å². The maximum absolute atomic E-state index is 12.3. The first-order chi connectivity index (χ1) is 12.6. The Bertz CT molecular complexity index is 634. The molecule has 0 aliphatic carbocycles. The smallest absolute Gasteiger partial charge is 0.227 e. The summed E-state index contributed by atoms with van der Waals surface area (Å²) in [7, 11) is 0. The lowest BCUT2D eigenvalue weighted by atomic mass is 10.1. The quantitative estimate of drug-likeness (QED) is 0.703. The Morgan fingerprint density at radius 3 is 3.08 bits per heavy atom. The summed E-state index contributed by atoms with van der Waals surface area (Å²) in [6.07, 6.45) is 3.38. The number of carbonyl (C=O) groups excluding carboxylic acids is 2. The topological polar surface area (TPSA) is 67.9 Å². The summed E-state index contributed by atoms with van der Waals surface area (Å²) in [6, 6.07) is 7.13. The maximum Gasteiger partial charge on any atom is 0.227 e. The third-order valence-corrected chi connectivity index (χ3v) is 4.94. The normalized spacial score (nSPS) is 22.8. The van der Waals surface area contributed by atoms with Crippen molar-refractivity contribution in [2.45, 2.75) is 31.8 Å². The molecule has 0 radical (unpaired) electrons. The number of nitrogens with one attached hydrogen (secondary N) is 1. The van der Waals surface area contributed by atoms with E-state index in [1.165, 1.54) is 0 Å². The van der Waals surface area contributed by atoms with Crippen molar-refractivity contribution in [1.82, 2.24) is 5.32 Å². The van der Waals surface area contributed by atoms with Gasteiger partial charge in [0.1, 0.15) is 0 Å². The summed E-state index contributed by atoms with van der Waals surface area (Å²) >= 11 is 5.98. The lowest BCUT2D eigenvalue weighted by molar-refractivity contribution is -0.126. The van der Waals surface area contributed by atoms with Crippen molar-refractivity contribution in [3.63, 3.8) is 0 Å². The number of nitrogens with zero attached hydrogens (tertiary/aromatic N) is 1. The Morgan fingerprint density at radius 2 is 2.31 bits per heavy atom. The highest BCUT2D eigenvalue weighted by molar-refractivity contribution is 6.30. The van der Waals surface area contributed by atoms with Crippen molar-refractivity contribution in [2.24, 2.45) is 5.92 Å². The van der Waals surface area contributed by atoms with Crippen LogP contribution in [0.15, 0.2) is 24.3 Å². The largest absolute Gasteiger partial charge is 0.379 e. The summed E-state index contributed by atoms with van der Waals surface area (Å²) in [5, 5.41) is 3.48. The second-order valence-corrected chi connectivity index (χ2v) is 7.18. The zero-order chi connectivity index (χ0) is 18.4. The van der Waals surface area contributed by atoms with Crippen molar-refractivity contribution in [3.05, 3.63) is 29.3 Å². The molecule has 0 aromatic heterocycles. The number of carbonyl (C=O) groups is 2. The molecule has 3 rings (SSSR count). The van der Waals surface area contributed by atoms with E-state index in [4.69, 9.17) is 21.1 Å². The Kier molecular flexibility index (Phi) is 6.88. The van der Waals surface area contributed by atoms with Crippen LogP contribution in [0.4, 0.5) is 5.69 Å². The van der Waals surface area contributed by atoms with Gasteiger partial charge in [-0.25, -0.2) is 0 Å². The molecule has 6 nitrogen and oxygen atoms in total.